The Kier molecular flexibility index (Phi) is 5.48. The molecule has 3 aromatic rings. The minimum atomic E-state index is -0.941. The molecule has 0 radical (unpaired) electrons. The van der Waals surface area contributed by atoms with Gasteiger partial charge in [0.1, 0.15) is 11.5 Å². The number of benzene rings is 3. The number of phenolic OH excluding ortho intramolecular Hbond substituents is 1. The van der Waals surface area contributed by atoms with Gasteiger partial charge < -0.3 is 10.2 Å². The van der Waals surface area contributed by atoms with Crippen molar-refractivity contribution in [2.45, 2.75) is 13.0 Å². The molecule has 7 heteroatoms. The van der Waals surface area contributed by atoms with Crippen LogP contribution in [0.3, 0.4) is 0 Å². The molecular formula is C24H17Cl2NO4. The van der Waals surface area contributed by atoms with E-state index in [0.717, 1.165) is 5.56 Å². The smallest absolute Gasteiger partial charge is 0.300 e. The van der Waals surface area contributed by atoms with E-state index in [1.165, 1.54) is 35.2 Å². The van der Waals surface area contributed by atoms with Crippen molar-refractivity contribution < 1.29 is 19.8 Å². The van der Waals surface area contributed by atoms with Crippen LogP contribution in [0.25, 0.3) is 5.76 Å². The van der Waals surface area contributed by atoms with Crippen molar-refractivity contribution in [2.75, 3.05) is 4.90 Å². The highest BCUT2D eigenvalue weighted by Crippen LogP contribution is 2.43. The van der Waals surface area contributed by atoms with E-state index in [9.17, 15) is 19.8 Å². The maximum atomic E-state index is 13.1. The highest BCUT2D eigenvalue weighted by molar-refractivity contribution is 6.51. The third-order valence-electron chi connectivity index (χ3n) is 5.14. The molecule has 1 amide bonds. The van der Waals surface area contributed by atoms with Gasteiger partial charge in [-0.3, -0.25) is 14.5 Å². The van der Waals surface area contributed by atoms with Crippen LogP contribution < -0.4 is 4.90 Å². The Morgan fingerprint density at radius 1 is 0.935 bits per heavy atom. The number of Topliss-reactive ketones (excluding diaryl/α,β-unsaturated/α-hetero) is 1. The first-order chi connectivity index (χ1) is 14.8. The number of carbonyl (C=O) groups is 2. The summed E-state index contributed by atoms with van der Waals surface area (Å²) < 4.78 is 0. The van der Waals surface area contributed by atoms with Crippen molar-refractivity contribution in [3.63, 3.8) is 0 Å². The highest BCUT2D eigenvalue weighted by atomic mass is 35.5. The third-order valence-corrected chi connectivity index (χ3v) is 5.87. The molecule has 4 rings (SSSR count). The Hall–Kier alpha value is -3.28. The first kappa shape index (κ1) is 21.0. The molecule has 31 heavy (non-hydrogen) atoms. The monoisotopic (exact) mass is 453 g/mol. The van der Waals surface area contributed by atoms with E-state index >= 15 is 0 Å². The number of halogens is 2. The number of hydrogen-bond acceptors (Lipinski definition) is 4. The van der Waals surface area contributed by atoms with Gasteiger partial charge in [0.05, 0.1) is 21.7 Å². The van der Waals surface area contributed by atoms with Crippen molar-refractivity contribution in [2.24, 2.45) is 0 Å². The molecule has 156 valence electrons. The molecule has 1 aliphatic rings. The number of carbonyl (C=O) groups excluding carboxylic acids is 2. The SMILES string of the molecule is Cc1ccc(N2C(=O)C(=O)/C(=C(\O)c3ccc(Cl)c(Cl)c3)C2c2cccc(O)c2)cc1. The number of ketones is 1. The van der Waals surface area contributed by atoms with Crippen LogP contribution in [0.15, 0.2) is 72.3 Å². The molecule has 1 heterocycles. The van der Waals surface area contributed by atoms with Gasteiger partial charge in [-0.2, -0.15) is 0 Å². The van der Waals surface area contributed by atoms with E-state index in [1.54, 1.807) is 24.3 Å². The van der Waals surface area contributed by atoms with Crippen molar-refractivity contribution in [1.82, 2.24) is 0 Å². The number of hydrogen-bond donors (Lipinski definition) is 2. The second-order valence-electron chi connectivity index (χ2n) is 7.23. The predicted molar refractivity (Wildman–Crippen MR) is 121 cm³/mol. The number of anilines is 1. The Bertz CT molecular complexity index is 1230. The molecule has 0 spiro atoms. The van der Waals surface area contributed by atoms with E-state index in [4.69, 9.17) is 23.2 Å². The predicted octanol–water partition coefficient (Wildman–Crippen LogP) is 5.63. The van der Waals surface area contributed by atoms with Crippen LogP contribution in [-0.4, -0.2) is 21.9 Å². The van der Waals surface area contributed by atoms with Crippen LogP contribution >= 0.6 is 23.2 Å². The Balaban J connectivity index is 1.96. The first-order valence-electron chi connectivity index (χ1n) is 9.40. The molecule has 1 saturated heterocycles. The average molecular weight is 454 g/mol. The van der Waals surface area contributed by atoms with Crippen molar-refractivity contribution in [3.8, 4) is 5.75 Å². The second-order valence-corrected chi connectivity index (χ2v) is 8.04. The van der Waals surface area contributed by atoms with Gasteiger partial charge in [-0.1, -0.05) is 53.0 Å². The van der Waals surface area contributed by atoms with E-state index in [-0.39, 0.29) is 27.7 Å². The Morgan fingerprint density at radius 3 is 2.29 bits per heavy atom. The fourth-order valence-electron chi connectivity index (χ4n) is 3.61. The lowest BCUT2D eigenvalue weighted by Crippen LogP contribution is -2.29. The fraction of sp³-hybridized carbons (Fsp3) is 0.0833. The molecule has 5 nitrogen and oxygen atoms in total. The normalized spacial score (nSPS) is 17.9. The van der Waals surface area contributed by atoms with E-state index < -0.39 is 17.7 Å². The average Bonchev–Trinajstić information content (AvgIpc) is 3.01. The summed E-state index contributed by atoms with van der Waals surface area (Å²) in [5, 5.41) is 21.6. The number of aliphatic hydroxyl groups is 1. The molecule has 1 atom stereocenters. The maximum Gasteiger partial charge on any atom is 0.300 e. The zero-order valence-electron chi connectivity index (χ0n) is 16.3. The topological polar surface area (TPSA) is 77.8 Å². The minimum Gasteiger partial charge on any atom is -0.508 e. The third kappa shape index (κ3) is 3.78. The van der Waals surface area contributed by atoms with Gasteiger partial charge in [0.2, 0.25) is 0 Å². The lowest BCUT2D eigenvalue weighted by atomic mass is 9.95. The molecule has 2 N–H and O–H groups in total. The maximum absolute atomic E-state index is 13.1. The molecule has 0 bridgehead atoms. The number of aromatic hydroxyl groups is 1. The van der Waals surface area contributed by atoms with Crippen LogP contribution in [0.5, 0.6) is 5.75 Å². The molecule has 1 aliphatic heterocycles. The van der Waals surface area contributed by atoms with Gasteiger partial charge in [0, 0.05) is 11.3 Å². The van der Waals surface area contributed by atoms with Crippen LogP contribution in [0.1, 0.15) is 22.7 Å². The summed E-state index contributed by atoms with van der Waals surface area (Å²) in [6.07, 6.45) is 0. The van der Waals surface area contributed by atoms with Gasteiger partial charge in [-0.25, -0.2) is 0 Å². The summed E-state index contributed by atoms with van der Waals surface area (Å²) in [5.74, 6) is -2.02. The summed E-state index contributed by atoms with van der Waals surface area (Å²) in [4.78, 5) is 27.4. The fourth-order valence-corrected chi connectivity index (χ4v) is 3.91. The number of aliphatic hydroxyl groups excluding tert-OH is 1. The zero-order chi connectivity index (χ0) is 22.3. The number of nitrogens with zero attached hydrogens (tertiary/aromatic N) is 1. The van der Waals surface area contributed by atoms with Crippen LogP contribution in [-0.2, 0) is 9.59 Å². The Labute approximate surface area is 188 Å². The van der Waals surface area contributed by atoms with Crippen molar-refractivity contribution in [3.05, 3.63) is 99.0 Å². The van der Waals surface area contributed by atoms with Gasteiger partial charge in [0.15, 0.2) is 0 Å². The molecule has 0 aliphatic carbocycles. The largest absolute Gasteiger partial charge is 0.508 e. The molecule has 3 aromatic carbocycles. The number of amides is 1. The van der Waals surface area contributed by atoms with Crippen molar-refractivity contribution >= 4 is 46.3 Å². The number of aryl methyl sites for hydroxylation is 1. The lowest BCUT2D eigenvalue weighted by Gasteiger charge is -2.25. The Morgan fingerprint density at radius 2 is 1.65 bits per heavy atom. The van der Waals surface area contributed by atoms with Gasteiger partial charge in [-0.05, 0) is 55.0 Å². The standard InChI is InChI=1S/C24H17Cl2NO4/c1-13-5-8-16(9-6-13)27-21(14-3-2-4-17(28)11-14)20(23(30)24(27)31)22(29)15-7-10-18(25)19(26)12-15/h2-12,21,28-29H,1H3/b22-20-. The minimum absolute atomic E-state index is 0.0264. The van der Waals surface area contributed by atoms with Crippen molar-refractivity contribution in [1.29, 1.82) is 0 Å². The number of rotatable bonds is 3. The van der Waals surface area contributed by atoms with E-state index in [0.29, 0.717) is 16.3 Å². The first-order valence-corrected chi connectivity index (χ1v) is 10.2. The molecular weight excluding hydrogens is 437 g/mol. The highest BCUT2D eigenvalue weighted by Gasteiger charge is 2.47. The van der Waals surface area contributed by atoms with Crippen LogP contribution in [0.2, 0.25) is 10.0 Å². The number of phenols is 1. The summed E-state index contributed by atoms with van der Waals surface area (Å²) in [7, 11) is 0. The lowest BCUT2D eigenvalue weighted by molar-refractivity contribution is -0.132. The molecule has 1 unspecified atom stereocenters. The quantitative estimate of drug-likeness (QED) is 0.305. The summed E-state index contributed by atoms with van der Waals surface area (Å²) in [6, 6.07) is 16.9. The van der Waals surface area contributed by atoms with Gasteiger partial charge in [0.25, 0.3) is 11.7 Å². The van der Waals surface area contributed by atoms with E-state index in [1.807, 2.05) is 19.1 Å². The molecule has 0 saturated carbocycles. The summed E-state index contributed by atoms with van der Waals surface area (Å²) in [5.41, 5.74) is 2.11. The van der Waals surface area contributed by atoms with Gasteiger partial charge >= 0.3 is 0 Å². The van der Waals surface area contributed by atoms with E-state index in [2.05, 4.69) is 0 Å². The summed E-state index contributed by atoms with van der Waals surface area (Å²) >= 11 is 12.1. The van der Waals surface area contributed by atoms with Gasteiger partial charge in [-0.15, -0.1) is 0 Å². The second kappa shape index (κ2) is 8.10. The van der Waals surface area contributed by atoms with Crippen LogP contribution in [0.4, 0.5) is 5.69 Å². The van der Waals surface area contributed by atoms with Crippen LogP contribution in [0, 0.1) is 6.92 Å². The summed E-state index contributed by atoms with van der Waals surface area (Å²) in [6.45, 7) is 1.91. The molecule has 1 fully saturated rings. The molecule has 0 aromatic heterocycles. The zero-order valence-corrected chi connectivity index (χ0v) is 17.9.